The third kappa shape index (κ3) is 4.55. The maximum atomic E-state index is 12.7. The van der Waals surface area contributed by atoms with Gasteiger partial charge in [-0.15, -0.1) is 11.3 Å². The zero-order valence-corrected chi connectivity index (χ0v) is 17.4. The van der Waals surface area contributed by atoms with Crippen LogP contribution in [0.15, 0.2) is 59.5 Å². The summed E-state index contributed by atoms with van der Waals surface area (Å²) in [5.74, 6) is -0.295. The molecule has 6 nitrogen and oxygen atoms in total. The highest BCUT2D eigenvalue weighted by molar-refractivity contribution is 7.89. The smallest absolute Gasteiger partial charge is 0.248 e. The number of aromatic nitrogens is 1. The average molecular weight is 428 g/mol. The van der Waals surface area contributed by atoms with Crippen molar-refractivity contribution in [1.29, 1.82) is 0 Å². The largest absolute Gasteiger partial charge is 0.323 e. The number of piperidine rings is 1. The molecule has 29 heavy (non-hydrogen) atoms. The van der Waals surface area contributed by atoms with Gasteiger partial charge in [-0.25, -0.2) is 13.4 Å². The molecule has 3 aromatic rings. The molecule has 2 aromatic carbocycles. The van der Waals surface area contributed by atoms with Gasteiger partial charge in [0.2, 0.25) is 15.9 Å². The topological polar surface area (TPSA) is 79.4 Å². The van der Waals surface area contributed by atoms with Crippen molar-refractivity contribution in [3.05, 3.63) is 59.6 Å². The lowest BCUT2D eigenvalue weighted by atomic mass is 10.2. The molecule has 1 N–H and O–H groups in total. The molecule has 0 saturated carbocycles. The standard InChI is InChI=1S/C21H21N3O3S2/c25-20(12-13-21-23-18-6-2-3-7-19(18)28-21)22-16-8-10-17(11-9-16)29(26,27)24-14-4-1-5-15-24/h2-3,6-13H,1,4-5,14-15H2,(H,22,25)/b13-12+. The van der Waals surface area contributed by atoms with Gasteiger partial charge in [0, 0.05) is 24.9 Å². The number of nitrogens with zero attached hydrogens (tertiary/aromatic N) is 2. The highest BCUT2D eigenvalue weighted by atomic mass is 32.2. The quantitative estimate of drug-likeness (QED) is 0.621. The van der Waals surface area contributed by atoms with Crippen LogP contribution < -0.4 is 5.32 Å². The van der Waals surface area contributed by atoms with E-state index in [0.717, 1.165) is 34.5 Å². The lowest BCUT2D eigenvalue weighted by Crippen LogP contribution is -2.35. The molecule has 150 valence electrons. The molecule has 1 fully saturated rings. The maximum Gasteiger partial charge on any atom is 0.248 e. The Morgan fingerprint density at radius 2 is 1.76 bits per heavy atom. The summed E-state index contributed by atoms with van der Waals surface area (Å²) in [5.41, 5.74) is 1.45. The number of thiazole rings is 1. The summed E-state index contributed by atoms with van der Waals surface area (Å²) in [7, 11) is -3.47. The number of hydrogen-bond donors (Lipinski definition) is 1. The predicted molar refractivity (Wildman–Crippen MR) is 116 cm³/mol. The molecule has 1 aliphatic rings. The number of sulfonamides is 1. The van der Waals surface area contributed by atoms with Crippen LogP contribution in [-0.2, 0) is 14.8 Å². The van der Waals surface area contributed by atoms with Gasteiger partial charge >= 0.3 is 0 Å². The van der Waals surface area contributed by atoms with Gasteiger partial charge in [0.1, 0.15) is 5.01 Å². The van der Waals surface area contributed by atoms with Crippen molar-refractivity contribution in [2.75, 3.05) is 18.4 Å². The monoisotopic (exact) mass is 427 g/mol. The van der Waals surface area contributed by atoms with E-state index in [-0.39, 0.29) is 10.8 Å². The molecule has 1 aromatic heterocycles. The molecule has 0 radical (unpaired) electrons. The van der Waals surface area contributed by atoms with Crippen molar-refractivity contribution in [3.8, 4) is 0 Å². The van der Waals surface area contributed by atoms with Crippen LogP contribution in [0.3, 0.4) is 0 Å². The van der Waals surface area contributed by atoms with Crippen LogP contribution in [0, 0.1) is 0 Å². The van der Waals surface area contributed by atoms with E-state index >= 15 is 0 Å². The normalized spacial score (nSPS) is 15.7. The van der Waals surface area contributed by atoms with Crippen LogP contribution in [0.5, 0.6) is 0 Å². The molecule has 2 heterocycles. The number of fused-ring (bicyclic) bond motifs is 1. The van der Waals surface area contributed by atoms with E-state index in [1.54, 1.807) is 18.2 Å². The molecular formula is C21H21N3O3S2. The van der Waals surface area contributed by atoms with E-state index in [0.29, 0.717) is 18.8 Å². The Kier molecular flexibility index (Phi) is 5.75. The van der Waals surface area contributed by atoms with Crippen molar-refractivity contribution in [2.45, 2.75) is 24.2 Å². The van der Waals surface area contributed by atoms with Crippen LogP contribution in [0.2, 0.25) is 0 Å². The van der Waals surface area contributed by atoms with E-state index in [9.17, 15) is 13.2 Å². The highest BCUT2D eigenvalue weighted by Crippen LogP contribution is 2.23. The fourth-order valence-corrected chi connectivity index (χ4v) is 5.64. The summed E-state index contributed by atoms with van der Waals surface area (Å²) < 4.78 is 28.0. The summed E-state index contributed by atoms with van der Waals surface area (Å²) in [6.07, 6.45) is 5.97. The lowest BCUT2D eigenvalue weighted by Gasteiger charge is -2.25. The maximum absolute atomic E-state index is 12.7. The van der Waals surface area contributed by atoms with Crippen molar-refractivity contribution < 1.29 is 13.2 Å². The minimum Gasteiger partial charge on any atom is -0.323 e. The minimum absolute atomic E-state index is 0.252. The van der Waals surface area contributed by atoms with E-state index < -0.39 is 10.0 Å². The second kappa shape index (κ2) is 8.44. The lowest BCUT2D eigenvalue weighted by molar-refractivity contribution is -0.111. The van der Waals surface area contributed by atoms with Gasteiger partial charge in [-0.1, -0.05) is 18.6 Å². The first-order chi connectivity index (χ1) is 14.0. The Bertz CT molecular complexity index is 1110. The van der Waals surface area contributed by atoms with Gasteiger partial charge in [-0.2, -0.15) is 4.31 Å². The summed E-state index contributed by atoms with van der Waals surface area (Å²) in [6, 6.07) is 14.1. The van der Waals surface area contributed by atoms with E-state index in [4.69, 9.17) is 0 Å². The summed E-state index contributed by atoms with van der Waals surface area (Å²) >= 11 is 1.51. The number of carbonyl (C=O) groups excluding carboxylic acids is 1. The summed E-state index contributed by atoms with van der Waals surface area (Å²) in [4.78, 5) is 16.9. The van der Waals surface area contributed by atoms with Crippen molar-refractivity contribution in [1.82, 2.24) is 9.29 Å². The molecule has 1 saturated heterocycles. The van der Waals surface area contributed by atoms with Crippen molar-refractivity contribution in [3.63, 3.8) is 0 Å². The number of rotatable bonds is 5. The van der Waals surface area contributed by atoms with Gasteiger partial charge in [0.25, 0.3) is 0 Å². The number of para-hydroxylation sites is 1. The first kappa shape index (κ1) is 19.8. The second-order valence-electron chi connectivity index (χ2n) is 6.83. The second-order valence-corrected chi connectivity index (χ2v) is 9.83. The number of nitrogens with one attached hydrogen (secondary N) is 1. The van der Waals surface area contributed by atoms with Crippen LogP contribution in [0.1, 0.15) is 24.3 Å². The number of carbonyl (C=O) groups is 1. The molecule has 0 unspecified atom stereocenters. The van der Waals surface area contributed by atoms with E-state index in [1.807, 2.05) is 24.3 Å². The van der Waals surface area contributed by atoms with Crippen LogP contribution in [-0.4, -0.2) is 36.7 Å². The molecule has 0 spiro atoms. The molecule has 4 rings (SSSR count). The van der Waals surface area contributed by atoms with Crippen LogP contribution in [0.25, 0.3) is 16.3 Å². The summed E-state index contributed by atoms with van der Waals surface area (Å²) in [5, 5.41) is 3.50. The minimum atomic E-state index is -3.47. The van der Waals surface area contributed by atoms with Gasteiger partial charge in [-0.05, 0) is 55.3 Å². The Hall–Kier alpha value is -2.55. The molecule has 0 aliphatic carbocycles. The molecule has 0 bridgehead atoms. The first-order valence-corrected chi connectivity index (χ1v) is 11.7. The Balaban J connectivity index is 1.40. The van der Waals surface area contributed by atoms with Gasteiger partial charge in [0.05, 0.1) is 15.1 Å². The number of hydrogen-bond acceptors (Lipinski definition) is 5. The Labute approximate surface area is 173 Å². The van der Waals surface area contributed by atoms with Gasteiger partial charge in [-0.3, -0.25) is 4.79 Å². The number of amides is 1. The molecule has 1 amide bonds. The van der Waals surface area contributed by atoms with Crippen LogP contribution >= 0.6 is 11.3 Å². The molecule has 8 heteroatoms. The SMILES string of the molecule is O=C(/C=C/c1nc2ccccc2s1)Nc1ccc(S(=O)(=O)N2CCCCC2)cc1. The molecule has 0 atom stereocenters. The van der Waals surface area contributed by atoms with E-state index in [1.165, 1.54) is 33.9 Å². The summed E-state index contributed by atoms with van der Waals surface area (Å²) in [6.45, 7) is 1.13. The third-order valence-electron chi connectivity index (χ3n) is 4.76. The van der Waals surface area contributed by atoms with Crippen LogP contribution in [0.4, 0.5) is 5.69 Å². The Morgan fingerprint density at radius 3 is 2.48 bits per heavy atom. The number of benzene rings is 2. The third-order valence-corrected chi connectivity index (χ3v) is 7.68. The molecular weight excluding hydrogens is 406 g/mol. The fraction of sp³-hybridized carbons (Fsp3) is 0.238. The highest BCUT2D eigenvalue weighted by Gasteiger charge is 2.25. The van der Waals surface area contributed by atoms with E-state index in [2.05, 4.69) is 10.3 Å². The molecule has 1 aliphatic heterocycles. The number of anilines is 1. The fourth-order valence-electron chi connectivity index (χ4n) is 3.26. The van der Waals surface area contributed by atoms with Gasteiger partial charge in [0.15, 0.2) is 0 Å². The zero-order valence-electron chi connectivity index (χ0n) is 15.7. The van der Waals surface area contributed by atoms with Crippen molar-refractivity contribution in [2.24, 2.45) is 0 Å². The zero-order chi connectivity index (χ0) is 20.3. The van der Waals surface area contributed by atoms with Gasteiger partial charge < -0.3 is 5.32 Å². The average Bonchev–Trinajstić information content (AvgIpc) is 3.16. The van der Waals surface area contributed by atoms with Crippen molar-refractivity contribution >= 4 is 49.2 Å². The Morgan fingerprint density at radius 1 is 1.03 bits per heavy atom. The predicted octanol–water partition coefficient (Wildman–Crippen LogP) is 4.12. The first-order valence-electron chi connectivity index (χ1n) is 9.47.